The summed E-state index contributed by atoms with van der Waals surface area (Å²) in [5, 5.41) is 11.9. The monoisotopic (exact) mass is 381 g/mol. The van der Waals surface area contributed by atoms with Gasteiger partial charge in [-0.2, -0.15) is 0 Å². The van der Waals surface area contributed by atoms with Gasteiger partial charge in [0.25, 0.3) is 0 Å². The second-order valence-corrected chi connectivity index (χ2v) is 7.52. The van der Waals surface area contributed by atoms with E-state index in [1.165, 1.54) is 6.07 Å². The fraction of sp³-hybridized carbons (Fsp3) is 0.450. The molecule has 0 aromatic heterocycles. The summed E-state index contributed by atoms with van der Waals surface area (Å²) in [4.78, 5) is 10.5. The number of rotatable bonds is 6. The predicted octanol–water partition coefficient (Wildman–Crippen LogP) is 4.41. The van der Waals surface area contributed by atoms with Crippen molar-refractivity contribution >= 4 is 17.2 Å². The number of nitrogens with one attached hydrogen (secondary N) is 1. The second-order valence-electron chi connectivity index (χ2n) is 7.52. The third-order valence-corrected chi connectivity index (χ3v) is 4.67. The number of allylic oxidation sites excluding steroid dienone is 2. The molecule has 0 bridgehead atoms. The fourth-order valence-corrected chi connectivity index (χ4v) is 3.53. The normalized spacial score (nSPS) is 23.3. The first-order valence-corrected chi connectivity index (χ1v) is 8.84. The topological polar surface area (TPSA) is 58.6 Å². The van der Waals surface area contributed by atoms with Gasteiger partial charge in [0.2, 0.25) is 0 Å². The molecule has 1 aliphatic heterocycles. The van der Waals surface area contributed by atoms with Gasteiger partial charge in [-0.05, 0) is 62.1 Å². The number of ether oxygens (including phenoxy) is 1. The van der Waals surface area contributed by atoms with Crippen LogP contribution in [0.15, 0.2) is 30.1 Å². The van der Waals surface area contributed by atoms with Crippen LogP contribution in [0.1, 0.15) is 37.8 Å². The Kier molecular flexibility index (Phi) is 5.33. The number of carboxylic acid groups (broad SMARTS) is 1. The van der Waals surface area contributed by atoms with Crippen molar-refractivity contribution in [3.05, 3.63) is 47.1 Å². The van der Waals surface area contributed by atoms with Crippen LogP contribution in [0.4, 0.5) is 18.9 Å². The smallest absolute Gasteiger partial charge is 0.303 e. The molecular formula is C20H22F3NO3. The molecule has 2 atom stereocenters. The van der Waals surface area contributed by atoms with E-state index in [2.05, 4.69) is 5.32 Å². The van der Waals surface area contributed by atoms with E-state index in [-0.39, 0.29) is 36.1 Å². The lowest BCUT2D eigenvalue weighted by molar-refractivity contribution is -0.137. The quantitative estimate of drug-likeness (QED) is 0.717. The van der Waals surface area contributed by atoms with Crippen molar-refractivity contribution in [2.75, 3.05) is 11.9 Å². The Morgan fingerprint density at radius 3 is 2.78 bits per heavy atom. The Balaban J connectivity index is 1.82. The molecule has 1 heterocycles. The Labute approximate surface area is 155 Å². The van der Waals surface area contributed by atoms with Gasteiger partial charge in [0.1, 0.15) is 17.7 Å². The maximum Gasteiger partial charge on any atom is 0.303 e. The number of carbonyl (C=O) groups is 1. The summed E-state index contributed by atoms with van der Waals surface area (Å²) in [7, 11) is 0. The van der Waals surface area contributed by atoms with E-state index in [0.29, 0.717) is 12.0 Å². The number of alkyl halides is 1. The fourth-order valence-electron chi connectivity index (χ4n) is 3.53. The summed E-state index contributed by atoms with van der Waals surface area (Å²) >= 11 is 0. The summed E-state index contributed by atoms with van der Waals surface area (Å²) in [5.74, 6) is -2.36. The molecule has 1 aromatic carbocycles. The molecule has 146 valence electrons. The largest absolute Gasteiger partial charge is 0.481 e. The van der Waals surface area contributed by atoms with Crippen LogP contribution in [0.25, 0.3) is 5.57 Å². The molecule has 0 spiro atoms. The van der Waals surface area contributed by atoms with Gasteiger partial charge in [-0.15, -0.1) is 0 Å². The molecule has 3 rings (SSSR count). The van der Waals surface area contributed by atoms with Crippen LogP contribution in [0.3, 0.4) is 0 Å². The minimum absolute atomic E-state index is 0.0744. The van der Waals surface area contributed by atoms with Crippen molar-refractivity contribution in [3.63, 3.8) is 0 Å². The van der Waals surface area contributed by atoms with Crippen molar-refractivity contribution in [3.8, 4) is 0 Å². The van der Waals surface area contributed by atoms with E-state index in [1.807, 2.05) is 13.8 Å². The minimum Gasteiger partial charge on any atom is -0.481 e. The molecule has 2 aliphatic rings. The molecule has 0 saturated heterocycles. The number of hydrogen-bond donors (Lipinski definition) is 2. The van der Waals surface area contributed by atoms with Crippen LogP contribution >= 0.6 is 0 Å². The molecule has 7 heteroatoms. The average molecular weight is 381 g/mol. The van der Waals surface area contributed by atoms with Crippen LogP contribution in [0, 0.1) is 5.82 Å². The van der Waals surface area contributed by atoms with Crippen LogP contribution in [0.5, 0.6) is 0 Å². The zero-order valence-electron chi connectivity index (χ0n) is 15.2. The van der Waals surface area contributed by atoms with E-state index < -0.39 is 29.9 Å². The summed E-state index contributed by atoms with van der Waals surface area (Å²) in [6, 6.07) is 2.92. The van der Waals surface area contributed by atoms with E-state index in [4.69, 9.17) is 9.84 Å². The number of hydrogen-bond acceptors (Lipinski definition) is 3. The highest BCUT2D eigenvalue weighted by Gasteiger charge is 2.34. The van der Waals surface area contributed by atoms with Crippen molar-refractivity contribution in [2.24, 2.45) is 0 Å². The SMILES string of the molecule is CC1(C)Cc2c(ccc(F)c2C2=CC(F)C(OCCCC(=O)O)C(F)=C2)N1. The standard InChI is InChI=1S/C20H22F3NO3/c1-20(2)10-12-16(24-20)6-5-13(21)18(12)11-8-14(22)19(15(23)9-11)27-7-3-4-17(25)26/h5-6,8-9,14,19,24H,3-4,7,10H2,1-2H3,(H,25,26). The molecule has 27 heavy (non-hydrogen) atoms. The molecule has 0 radical (unpaired) electrons. The molecular weight excluding hydrogens is 359 g/mol. The van der Waals surface area contributed by atoms with E-state index >= 15 is 0 Å². The van der Waals surface area contributed by atoms with Crippen LogP contribution < -0.4 is 5.32 Å². The number of anilines is 1. The summed E-state index contributed by atoms with van der Waals surface area (Å²) in [6.45, 7) is 3.87. The summed E-state index contributed by atoms with van der Waals surface area (Å²) in [6.07, 6.45) is -0.403. The third-order valence-electron chi connectivity index (χ3n) is 4.67. The van der Waals surface area contributed by atoms with E-state index in [9.17, 15) is 18.0 Å². The Morgan fingerprint density at radius 1 is 1.37 bits per heavy atom. The summed E-state index contributed by atoms with van der Waals surface area (Å²) < 4.78 is 48.7. The lowest BCUT2D eigenvalue weighted by Crippen LogP contribution is -2.28. The Bertz CT molecular complexity index is 817. The Hall–Kier alpha value is -2.28. The molecule has 1 aliphatic carbocycles. The van der Waals surface area contributed by atoms with Crippen molar-refractivity contribution in [2.45, 2.75) is 50.9 Å². The first kappa shape index (κ1) is 19.5. The van der Waals surface area contributed by atoms with Crippen molar-refractivity contribution in [1.29, 1.82) is 0 Å². The van der Waals surface area contributed by atoms with Crippen molar-refractivity contribution in [1.82, 2.24) is 0 Å². The summed E-state index contributed by atoms with van der Waals surface area (Å²) in [5.41, 5.74) is 1.54. The molecule has 4 nitrogen and oxygen atoms in total. The van der Waals surface area contributed by atoms with Crippen LogP contribution in [-0.4, -0.2) is 35.5 Å². The first-order valence-electron chi connectivity index (χ1n) is 8.84. The molecule has 1 aromatic rings. The van der Waals surface area contributed by atoms with E-state index in [1.54, 1.807) is 6.07 Å². The molecule has 0 saturated carbocycles. The second kappa shape index (κ2) is 7.38. The van der Waals surface area contributed by atoms with Gasteiger partial charge in [-0.1, -0.05) is 0 Å². The first-order chi connectivity index (χ1) is 12.7. The lowest BCUT2D eigenvalue weighted by Gasteiger charge is -2.24. The highest BCUT2D eigenvalue weighted by molar-refractivity contribution is 5.82. The minimum atomic E-state index is -1.78. The van der Waals surface area contributed by atoms with Gasteiger partial charge in [-0.3, -0.25) is 4.79 Å². The van der Waals surface area contributed by atoms with Gasteiger partial charge in [0.15, 0.2) is 6.17 Å². The zero-order chi connectivity index (χ0) is 19.8. The van der Waals surface area contributed by atoms with Crippen molar-refractivity contribution < 1.29 is 27.8 Å². The average Bonchev–Trinajstić information content (AvgIpc) is 2.86. The molecule has 0 fully saturated rings. The maximum atomic E-state index is 14.5. The number of aliphatic carboxylic acids is 1. The predicted molar refractivity (Wildman–Crippen MR) is 96.5 cm³/mol. The number of benzene rings is 1. The van der Waals surface area contributed by atoms with Gasteiger partial charge in [0, 0.05) is 29.8 Å². The van der Waals surface area contributed by atoms with Crippen LogP contribution in [-0.2, 0) is 16.0 Å². The number of halogens is 3. The lowest BCUT2D eigenvalue weighted by atomic mass is 9.89. The number of carboxylic acids is 1. The van der Waals surface area contributed by atoms with Gasteiger partial charge in [-0.25, -0.2) is 13.2 Å². The van der Waals surface area contributed by atoms with Crippen LogP contribution in [0.2, 0.25) is 0 Å². The Morgan fingerprint density at radius 2 is 2.11 bits per heavy atom. The zero-order valence-corrected chi connectivity index (χ0v) is 15.2. The third kappa shape index (κ3) is 4.18. The molecule has 2 unspecified atom stereocenters. The van der Waals surface area contributed by atoms with E-state index in [0.717, 1.165) is 17.8 Å². The molecule has 2 N–H and O–H groups in total. The highest BCUT2D eigenvalue weighted by atomic mass is 19.1. The van der Waals surface area contributed by atoms with Gasteiger partial charge >= 0.3 is 5.97 Å². The van der Waals surface area contributed by atoms with Gasteiger partial charge < -0.3 is 15.2 Å². The molecule has 0 amide bonds. The van der Waals surface area contributed by atoms with Gasteiger partial charge in [0.05, 0.1) is 0 Å². The maximum absolute atomic E-state index is 14.5. The highest BCUT2D eigenvalue weighted by Crippen LogP contribution is 2.40. The number of fused-ring (bicyclic) bond motifs is 1.